The highest BCUT2D eigenvalue weighted by Crippen LogP contribution is 2.24. The first-order chi connectivity index (χ1) is 8.99. The second-order valence-electron chi connectivity index (χ2n) is 4.10. The number of carbonyl (C=O) groups is 2. The number of anilines is 1. The molecule has 1 aromatic rings. The first-order valence-corrected chi connectivity index (χ1v) is 6.99. The minimum Gasteiger partial charge on any atom is -0.489 e. The standard InChI is InChI=1S/C13H17NO4S/c1-9(2)18-11-6-4-3-5-10(11)14-12(15)7-19-8-13(16)17/h3-6,9H,7-8H2,1-2H3,(H,14,15)(H,16,17). The second kappa shape index (κ2) is 7.68. The zero-order chi connectivity index (χ0) is 14.3. The lowest BCUT2D eigenvalue weighted by Gasteiger charge is -2.14. The van der Waals surface area contributed by atoms with Crippen LogP contribution in [0, 0.1) is 0 Å². The van der Waals surface area contributed by atoms with E-state index >= 15 is 0 Å². The van der Waals surface area contributed by atoms with Crippen molar-refractivity contribution in [3.8, 4) is 5.75 Å². The van der Waals surface area contributed by atoms with Crippen molar-refractivity contribution < 1.29 is 19.4 Å². The van der Waals surface area contributed by atoms with Crippen LogP contribution in [0.1, 0.15) is 13.8 Å². The summed E-state index contributed by atoms with van der Waals surface area (Å²) in [6.45, 7) is 3.81. The summed E-state index contributed by atoms with van der Waals surface area (Å²) in [7, 11) is 0. The Bertz CT molecular complexity index is 448. The Morgan fingerprint density at radius 1 is 1.32 bits per heavy atom. The number of nitrogens with one attached hydrogen (secondary N) is 1. The van der Waals surface area contributed by atoms with E-state index in [-0.39, 0.29) is 23.5 Å². The maximum absolute atomic E-state index is 11.7. The van der Waals surface area contributed by atoms with Gasteiger partial charge in [-0.3, -0.25) is 9.59 Å². The fourth-order valence-corrected chi connectivity index (χ4v) is 1.88. The Hall–Kier alpha value is -1.69. The van der Waals surface area contributed by atoms with E-state index < -0.39 is 5.97 Å². The van der Waals surface area contributed by atoms with E-state index in [1.807, 2.05) is 19.9 Å². The van der Waals surface area contributed by atoms with Gasteiger partial charge < -0.3 is 15.2 Å². The van der Waals surface area contributed by atoms with E-state index in [4.69, 9.17) is 9.84 Å². The van der Waals surface area contributed by atoms with Gasteiger partial charge in [0.15, 0.2) is 0 Å². The van der Waals surface area contributed by atoms with Gasteiger partial charge in [-0.25, -0.2) is 0 Å². The largest absolute Gasteiger partial charge is 0.489 e. The number of para-hydroxylation sites is 2. The summed E-state index contributed by atoms with van der Waals surface area (Å²) in [5.74, 6) is -0.554. The molecule has 0 aliphatic carbocycles. The molecule has 0 unspecified atom stereocenters. The lowest BCUT2D eigenvalue weighted by molar-refractivity contribution is -0.133. The summed E-state index contributed by atoms with van der Waals surface area (Å²) in [6.07, 6.45) is 0.0134. The van der Waals surface area contributed by atoms with Crippen LogP contribution >= 0.6 is 11.8 Å². The Morgan fingerprint density at radius 3 is 2.63 bits per heavy atom. The van der Waals surface area contributed by atoms with Crippen LogP contribution in [-0.4, -0.2) is 34.6 Å². The molecule has 1 amide bonds. The first-order valence-electron chi connectivity index (χ1n) is 5.84. The van der Waals surface area contributed by atoms with Gasteiger partial charge in [0.05, 0.1) is 23.3 Å². The van der Waals surface area contributed by atoms with Gasteiger partial charge in [0.25, 0.3) is 0 Å². The molecule has 0 spiro atoms. The van der Waals surface area contributed by atoms with Crippen molar-refractivity contribution in [3.63, 3.8) is 0 Å². The van der Waals surface area contributed by atoms with E-state index in [1.54, 1.807) is 18.2 Å². The quantitative estimate of drug-likeness (QED) is 0.802. The molecule has 0 aliphatic heterocycles. The number of amides is 1. The SMILES string of the molecule is CC(C)Oc1ccccc1NC(=O)CSCC(=O)O. The molecule has 0 fully saturated rings. The van der Waals surface area contributed by atoms with E-state index in [0.29, 0.717) is 11.4 Å². The molecule has 0 aromatic heterocycles. The van der Waals surface area contributed by atoms with Crippen molar-refractivity contribution in [2.45, 2.75) is 20.0 Å². The van der Waals surface area contributed by atoms with Crippen LogP contribution < -0.4 is 10.1 Å². The van der Waals surface area contributed by atoms with Crippen molar-refractivity contribution in [1.29, 1.82) is 0 Å². The highest BCUT2D eigenvalue weighted by molar-refractivity contribution is 8.00. The summed E-state index contributed by atoms with van der Waals surface area (Å²) in [4.78, 5) is 22.0. The molecule has 0 radical (unpaired) electrons. The van der Waals surface area contributed by atoms with Gasteiger partial charge in [-0.15, -0.1) is 11.8 Å². The highest BCUT2D eigenvalue weighted by atomic mass is 32.2. The predicted octanol–water partition coefficient (Wildman–Crippen LogP) is 2.23. The van der Waals surface area contributed by atoms with Gasteiger partial charge in [-0.05, 0) is 26.0 Å². The molecule has 0 atom stereocenters. The molecule has 0 saturated carbocycles. The normalized spacial score (nSPS) is 10.3. The number of hydrogen-bond acceptors (Lipinski definition) is 4. The maximum Gasteiger partial charge on any atom is 0.313 e. The molecule has 104 valence electrons. The average Bonchev–Trinajstić information content (AvgIpc) is 2.30. The lowest BCUT2D eigenvalue weighted by atomic mass is 10.3. The maximum atomic E-state index is 11.7. The van der Waals surface area contributed by atoms with E-state index in [2.05, 4.69) is 5.32 Å². The molecule has 0 aliphatic rings. The van der Waals surface area contributed by atoms with Gasteiger partial charge >= 0.3 is 5.97 Å². The molecule has 1 aromatic carbocycles. The Morgan fingerprint density at radius 2 is 2.00 bits per heavy atom. The number of benzene rings is 1. The molecular weight excluding hydrogens is 266 g/mol. The molecule has 6 heteroatoms. The van der Waals surface area contributed by atoms with Crippen molar-refractivity contribution in [2.24, 2.45) is 0 Å². The third kappa shape index (κ3) is 6.15. The summed E-state index contributed by atoms with van der Waals surface area (Å²) in [5.41, 5.74) is 0.595. The van der Waals surface area contributed by atoms with Crippen LogP contribution in [0.25, 0.3) is 0 Å². The van der Waals surface area contributed by atoms with E-state index in [9.17, 15) is 9.59 Å². The molecule has 5 nitrogen and oxygen atoms in total. The second-order valence-corrected chi connectivity index (χ2v) is 5.08. The third-order valence-electron chi connectivity index (χ3n) is 1.98. The minimum absolute atomic E-state index is 0.0134. The number of ether oxygens (including phenoxy) is 1. The molecule has 0 heterocycles. The Balaban J connectivity index is 2.56. The van der Waals surface area contributed by atoms with Crippen molar-refractivity contribution in [1.82, 2.24) is 0 Å². The lowest BCUT2D eigenvalue weighted by Crippen LogP contribution is -2.17. The number of aliphatic carboxylic acids is 1. The number of carboxylic acids is 1. The van der Waals surface area contributed by atoms with Crippen LogP contribution in [0.15, 0.2) is 24.3 Å². The number of thioether (sulfide) groups is 1. The summed E-state index contributed by atoms with van der Waals surface area (Å²) < 4.78 is 5.57. The van der Waals surface area contributed by atoms with Crippen molar-refractivity contribution in [3.05, 3.63) is 24.3 Å². The Kier molecular flexibility index (Phi) is 6.21. The fourth-order valence-electron chi connectivity index (χ4n) is 1.34. The first kappa shape index (κ1) is 15.4. The molecular formula is C13H17NO4S. The highest BCUT2D eigenvalue weighted by Gasteiger charge is 2.09. The van der Waals surface area contributed by atoms with Crippen LogP contribution in [0.2, 0.25) is 0 Å². The zero-order valence-electron chi connectivity index (χ0n) is 10.9. The van der Waals surface area contributed by atoms with Crippen LogP contribution in [-0.2, 0) is 9.59 Å². The van der Waals surface area contributed by atoms with Gasteiger partial charge in [0.2, 0.25) is 5.91 Å². The van der Waals surface area contributed by atoms with Gasteiger partial charge in [-0.2, -0.15) is 0 Å². The number of rotatable bonds is 7. The van der Waals surface area contributed by atoms with E-state index in [1.165, 1.54) is 0 Å². The fraction of sp³-hybridized carbons (Fsp3) is 0.385. The molecule has 1 rings (SSSR count). The Labute approximate surface area is 116 Å². The topological polar surface area (TPSA) is 75.6 Å². The smallest absolute Gasteiger partial charge is 0.313 e. The van der Waals surface area contributed by atoms with Gasteiger partial charge in [0.1, 0.15) is 5.75 Å². The summed E-state index contributed by atoms with van der Waals surface area (Å²) in [6, 6.07) is 7.15. The third-order valence-corrected chi connectivity index (χ3v) is 2.90. The zero-order valence-corrected chi connectivity index (χ0v) is 11.7. The van der Waals surface area contributed by atoms with Crippen LogP contribution in [0.5, 0.6) is 5.75 Å². The van der Waals surface area contributed by atoms with Crippen molar-refractivity contribution in [2.75, 3.05) is 16.8 Å². The van der Waals surface area contributed by atoms with Gasteiger partial charge in [0, 0.05) is 0 Å². The summed E-state index contributed by atoms with van der Waals surface area (Å²) >= 11 is 1.06. The van der Waals surface area contributed by atoms with Crippen molar-refractivity contribution >= 4 is 29.3 Å². The summed E-state index contributed by atoms with van der Waals surface area (Å²) in [5, 5.41) is 11.2. The van der Waals surface area contributed by atoms with Gasteiger partial charge in [-0.1, -0.05) is 12.1 Å². The number of carboxylic acid groups (broad SMARTS) is 1. The monoisotopic (exact) mass is 283 g/mol. The average molecular weight is 283 g/mol. The molecule has 0 saturated heterocycles. The molecule has 0 bridgehead atoms. The molecule has 2 N–H and O–H groups in total. The van der Waals surface area contributed by atoms with Crippen LogP contribution in [0.4, 0.5) is 5.69 Å². The minimum atomic E-state index is -0.929. The van der Waals surface area contributed by atoms with Crippen LogP contribution in [0.3, 0.4) is 0 Å². The predicted molar refractivity (Wildman–Crippen MR) is 75.8 cm³/mol. The molecule has 19 heavy (non-hydrogen) atoms. The number of hydrogen-bond donors (Lipinski definition) is 2. The number of carbonyl (C=O) groups excluding carboxylic acids is 1. The van der Waals surface area contributed by atoms with E-state index in [0.717, 1.165) is 11.8 Å².